The first kappa shape index (κ1) is 14.6. The van der Waals surface area contributed by atoms with Gasteiger partial charge in [0, 0.05) is 17.2 Å². The normalized spacial score (nSPS) is 10.9. The minimum absolute atomic E-state index is 0.681. The van der Waals surface area contributed by atoms with Crippen LogP contribution in [0.4, 0.5) is 0 Å². The average molecular weight is 343 g/mol. The molecular weight excluding hydrogens is 326 g/mol. The maximum absolute atomic E-state index is 6.04. The van der Waals surface area contributed by atoms with Crippen LogP contribution in [0.1, 0.15) is 24.6 Å². The zero-order chi connectivity index (χ0) is 13.8. The fraction of sp³-hybridized carbons (Fsp3) is 0.357. The van der Waals surface area contributed by atoms with Gasteiger partial charge in [-0.25, -0.2) is 4.68 Å². The van der Waals surface area contributed by atoms with Gasteiger partial charge in [-0.05, 0) is 53.5 Å². The molecule has 1 heterocycles. The Balaban J connectivity index is 2.19. The van der Waals surface area contributed by atoms with E-state index in [-0.39, 0.29) is 0 Å². The van der Waals surface area contributed by atoms with E-state index in [0.29, 0.717) is 5.02 Å². The maximum atomic E-state index is 6.04. The van der Waals surface area contributed by atoms with Crippen LogP contribution in [0.3, 0.4) is 0 Å². The molecule has 0 aliphatic heterocycles. The first-order chi connectivity index (χ1) is 9.11. The lowest BCUT2D eigenvalue weighted by molar-refractivity contribution is 0.675. The van der Waals surface area contributed by atoms with E-state index in [1.165, 1.54) is 5.56 Å². The highest BCUT2D eigenvalue weighted by Crippen LogP contribution is 2.24. The summed E-state index contributed by atoms with van der Waals surface area (Å²) in [6, 6.07) is 6.27. The minimum Gasteiger partial charge on any atom is -0.313 e. The third kappa shape index (κ3) is 3.59. The predicted octanol–water partition coefficient (Wildman–Crippen LogP) is 4.10. The molecule has 19 heavy (non-hydrogen) atoms. The molecule has 0 fully saturated rings. The van der Waals surface area contributed by atoms with Gasteiger partial charge >= 0.3 is 0 Å². The molecule has 3 nitrogen and oxygen atoms in total. The summed E-state index contributed by atoms with van der Waals surface area (Å²) in [5.74, 6) is 0. The molecular formula is C14H17BrClN3. The second-order valence-corrected chi connectivity index (χ2v) is 5.73. The van der Waals surface area contributed by atoms with Gasteiger partial charge in [-0.3, -0.25) is 0 Å². The number of nitrogens with zero attached hydrogens (tertiary/aromatic N) is 2. The van der Waals surface area contributed by atoms with Crippen molar-refractivity contribution >= 4 is 27.5 Å². The SMILES string of the molecule is CCCNCc1ccc(-n2cc(Cl)c(C)n2)c(Br)c1. The molecule has 0 saturated heterocycles. The average Bonchev–Trinajstić information content (AvgIpc) is 2.70. The maximum Gasteiger partial charge on any atom is 0.0819 e. The lowest BCUT2D eigenvalue weighted by Gasteiger charge is -2.08. The summed E-state index contributed by atoms with van der Waals surface area (Å²) in [6.45, 7) is 5.98. The molecule has 0 unspecified atom stereocenters. The Morgan fingerprint density at radius 1 is 1.42 bits per heavy atom. The second-order valence-electron chi connectivity index (χ2n) is 4.47. The smallest absolute Gasteiger partial charge is 0.0819 e. The van der Waals surface area contributed by atoms with Gasteiger partial charge in [0.05, 0.1) is 16.4 Å². The molecule has 0 aliphatic carbocycles. The highest BCUT2D eigenvalue weighted by Gasteiger charge is 2.07. The number of hydrogen-bond acceptors (Lipinski definition) is 2. The van der Waals surface area contributed by atoms with Crippen molar-refractivity contribution < 1.29 is 0 Å². The molecule has 0 saturated carbocycles. The molecule has 1 aromatic carbocycles. The lowest BCUT2D eigenvalue weighted by Crippen LogP contribution is -2.13. The number of aromatic nitrogens is 2. The van der Waals surface area contributed by atoms with Crippen LogP contribution >= 0.6 is 27.5 Å². The Kier molecular flexibility index (Phi) is 5.02. The van der Waals surface area contributed by atoms with E-state index in [0.717, 1.165) is 35.4 Å². The summed E-state index contributed by atoms with van der Waals surface area (Å²) >= 11 is 9.63. The quantitative estimate of drug-likeness (QED) is 0.829. The molecule has 5 heteroatoms. The van der Waals surface area contributed by atoms with Crippen LogP contribution in [0.15, 0.2) is 28.9 Å². The van der Waals surface area contributed by atoms with Crippen molar-refractivity contribution in [3.63, 3.8) is 0 Å². The number of halogens is 2. The zero-order valence-electron chi connectivity index (χ0n) is 11.1. The first-order valence-corrected chi connectivity index (χ1v) is 7.50. The first-order valence-electron chi connectivity index (χ1n) is 6.33. The van der Waals surface area contributed by atoms with Gasteiger partial charge in [-0.1, -0.05) is 24.6 Å². The van der Waals surface area contributed by atoms with Gasteiger partial charge in [-0.2, -0.15) is 5.10 Å². The second kappa shape index (κ2) is 6.55. The number of aryl methyl sites for hydroxylation is 1. The monoisotopic (exact) mass is 341 g/mol. The molecule has 2 rings (SSSR count). The summed E-state index contributed by atoms with van der Waals surface area (Å²) < 4.78 is 2.81. The zero-order valence-corrected chi connectivity index (χ0v) is 13.4. The van der Waals surface area contributed by atoms with Crippen LogP contribution < -0.4 is 5.32 Å². The van der Waals surface area contributed by atoms with Crippen LogP contribution in [0, 0.1) is 6.92 Å². The van der Waals surface area contributed by atoms with Gasteiger partial charge in [0.25, 0.3) is 0 Å². The Hall–Kier alpha value is -0.840. The van der Waals surface area contributed by atoms with Crippen LogP contribution in [0.25, 0.3) is 5.69 Å². The van der Waals surface area contributed by atoms with Crippen LogP contribution in [0.2, 0.25) is 5.02 Å². The van der Waals surface area contributed by atoms with Crippen molar-refractivity contribution in [3.8, 4) is 5.69 Å². The van der Waals surface area contributed by atoms with Crippen molar-refractivity contribution in [3.05, 3.63) is 45.1 Å². The van der Waals surface area contributed by atoms with E-state index < -0.39 is 0 Å². The molecule has 0 aliphatic rings. The minimum atomic E-state index is 0.681. The topological polar surface area (TPSA) is 29.9 Å². The number of nitrogens with one attached hydrogen (secondary N) is 1. The molecule has 2 aromatic rings. The molecule has 1 aromatic heterocycles. The Bertz CT molecular complexity index is 546. The fourth-order valence-corrected chi connectivity index (χ4v) is 2.56. The van der Waals surface area contributed by atoms with Crippen molar-refractivity contribution in [2.45, 2.75) is 26.8 Å². The van der Waals surface area contributed by atoms with E-state index in [1.54, 1.807) is 4.68 Å². The largest absolute Gasteiger partial charge is 0.313 e. The van der Waals surface area contributed by atoms with Gasteiger partial charge in [0.2, 0.25) is 0 Å². The predicted molar refractivity (Wildman–Crippen MR) is 83.0 cm³/mol. The highest BCUT2D eigenvalue weighted by atomic mass is 79.9. The van der Waals surface area contributed by atoms with Gasteiger partial charge in [0.15, 0.2) is 0 Å². The van der Waals surface area contributed by atoms with Crippen LogP contribution in [0.5, 0.6) is 0 Å². The Morgan fingerprint density at radius 3 is 2.79 bits per heavy atom. The molecule has 102 valence electrons. The fourth-order valence-electron chi connectivity index (χ4n) is 1.82. The van der Waals surface area contributed by atoms with Crippen molar-refractivity contribution in [2.75, 3.05) is 6.54 Å². The Morgan fingerprint density at radius 2 is 2.21 bits per heavy atom. The van der Waals surface area contributed by atoms with E-state index in [4.69, 9.17) is 11.6 Å². The number of rotatable bonds is 5. The van der Waals surface area contributed by atoms with Crippen molar-refractivity contribution in [1.29, 1.82) is 0 Å². The summed E-state index contributed by atoms with van der Waals surface area (Å²) in [4.78, 5) is 0. The molecule has 0 bridgehead atoms. The van der Waals surface area contributed by atoms with E-state index >= 15 is 0 Å². The lowest BCUT2D eigenvalue weighted by atomic mass is 10.2. The number of benzene rings is 1. The van der Waals surface area contributed by atoms with Crippen LogP contribution in [-0.2, 0) is 6.54 Å². The molecule has 0 amide bonds. The van der Waals surface area contributed by atoms with E-state index in [9.17, 15) is 0 Å². The van der Waals surface area contributed by atoms with Crippen molar-refractivity contribution in [1.82, 2.24) is 15.1 Å². The van der Waals surface area contributed by atoms with Gasteiger partial charge in [0.1, 0.15) is 0 Å². The number of hydrogen-bond donors (Lipinski definition) is 1. The molecule has 0 atom stereocenters. The molecule has 1 N–H and O–H groups in total. The van der Waals surface area contributed by atoms with Crippen molar-refractivity contribution in [2.24, 2.45) is 0 Å². The highest BCUT2D eigenvalue weighted by molar-refractivity contribution is 9.10. The summed E-state index contributed by atoms with van der Waals surface area (Å²) in [5, 5.41) is 8.45. The molecule has 0 radical (unpaired) electrons. The summed E-state index contributed by atoms with van der Waals surface area (Å²) in [7, 11) is 0. The third-order valence-electron chi connectivity index (χ3n) is 2.85. The summed E-state index contributed by atoms with van der Waals surface area (Å²) in [6.07, 6.45) is 2.97. The van der Waals surface area contributed by atoms with Gasteiger partial charge in [-0.15, -0.1) is 0 Å². The van der Waals surface area contributed by atoms with E-state index in [1.807, 2.05) is 13.1 Å². The standard InChI is InChI=1S/C14H17BrClN3/c1-3-6-17-8-11-4-5-14(12(15)7-11)19-9-13(16)10(2)18-19/h4-5,7,9,17H,3,6,8H2,1-2H3. The summed E-state index contributed by atoms with van der Waals surface area (Å²) in [5.41, 5.74) is 3.08. The van der Waals surface area contributed by atoms with Gasteiger partial charge < -0.3 is 5.32 Å². The molecule has 0 spiro atoms. The Labute approximate surface area is 127 Å². The van der Waals surface area contributed by atoms with E-state index in [2.05, 4.69) is 51.5 Å². The third-order valence-corrected chi connectivity index (χ3v) is 3.86. The van der Waals surface area contributed by atoms with Crippen LogP contribution in [-0.4, -0.2) is 16.3 Å².